The number of nitrogens with zero attached hydrogens (tertiary/aromatic N) is 1. The van der Waals surface area contributed by atoms with Gasteiger partial charge in [-0.05, 0) is 17.7 Å². The number of ketones is 1. The largest absolute Gasteiger partial charge is 0.301 e. The molecule has 6 heteroatoms. The van der Waals surface area contributed by atoms with E-state index in [4.69, 9.17) is 23.2 Å². The van der Waals surface area contributed by atoms with Crippen LogP contribution in [-0.2, 0) is 16.1 Å². The van der Waals surface area contributed by atoms with Crippen LogP contribution in [0.1, 0.15) is 26.3 Å². The van der Waals surface area contributed by atoms with E-state index in [0.29, 0.717) is 27.4 Å². The molecule has 1 saturated heterocycles. The number of rotatable bonds is 3. The molecule has 118 valence electrons. The number of thioether (sulfide) groups is 1. The lowest BCUT2D eigenvalue weighted by molar-refractivity contribution is -0.125. The maximum atomic E-state index is 12.2. The second kappa shape index (κ2) is 6.65. The molecule has 0 aromatic heterocycles. The van der Waals surface area contributed by atoms with Crippen LogP contribution in [0.15, 0.2) is 29.3 Å². The SMILES string of the molecule is CC(C)(C)C(=O)/C=C1\SCC(=O)N1Cc1ccc(Cl)c(Cl)c1. The predicted molar refractivity (Wildman–Crippen MR) is 92.0 cm³/mol. The maximum absolute atomic E-state index is 12.2. The van der Waals surface area contributed by atoms with Crippen molar-refractivity contribution < 1.29 is 9.59 Å². The van der Waals surface area contributed by atoms with E-state index in [1.165, 1.54) is 11.8 Å². The minimum absolute atomic E-state index is 0.00355. The van der Waals surface area contributed by atoms with E-state index in [-0.39, 0.29) is 11.7 Å². The molecule has 0 spiro atoms. The first-order chi connectivity index (χ1) is 10.2. The topological polar surface area (TPSA) is 37.4 Å². The lowest BCUT2D eigenvalue weighted by atomic mass is 9.91. The molecule has 1 aliphatic rings. The summed E-state index contributed by atoms with van der Waals surface area (Å²) in [5, 5.41) is 1.62. The molecule has 1 aromatic carbocycles. The first kappa shape index (κ1) is 17.4. The Bertz CT molecular complexity index is 650. The van der Waals surface area contributed by atoms with Crippen LogP contribution < -0.4 is 0 Å². The third kappa shape index (κ3) is 4.06. The summed E-state index contributed by atoms with van der Waals surface area (Å²) in [5.74, 6) is 0.345. The monoisotopic (exact) mass is 357 g/mol. The van der Waals surface area contributed by atoms with Gasteiger partial charge in [0.25, 0.3) is 0 Å². The molecule has 1 aliphatic heterocycles. The van der Waals surface area contributed by atoms with Gasteiger partial charge in [0.1, 0.15) is 0 Å². The molecule has 0 aliphatic carbocycles. The molecule has 0 atom stereocenters. The fraction of sp³-hybridized carbons (Fsp3) is 0.375. The standard InChI is InChI=1S/C16H17Cl2NO2S/c1-16(2,3)13(20)7-15-19(14(21)9-22-15)8-10-4-5-11(17)12(18)6-10/h4-7H,8-9H2,1-3H3/b15-7-. The average molecular weight is 358 g/mol. The lowest BCUT2D eigenvalue weighted by Crippen LogP contribution is -2.25. The fourth-order valence-electron chi connectivity index (χ4n) is 1.85. The van der Waals surface area contributed by atoms with Crippen LogP contribution in [0.3, 0.4) is 0 Å². The van der Waals surface area contributed by atoms with Crippen molar-refractivity contribution in [1.29, 1.82) is 0 Å². The zero-order valence-corrected chi connectivity index (χ0v) is 15.0. The van der Waals surface area contributed by atoms with Crippen LogP contribution >= 0.6 is 35.0 Å². The van der Waals surface area contributed by atoms with E-state index in [2.05, 4.69) is 0 Å². The average Bonchev–Trinajstić information content (AvgIpc) is 2.74. The lowest BCUT2D eigenvalue weighted by Gasteiger charge is -2.19. The number of allylic oxidation sites excluding steroid dienone is 1. The first-order valence-corrected chi connectivity index (χ1v) is 8.56. The van der Waals surface area contributed by atoms with Crippen LogP contribution in [0.25, 0.3) is 0 Å². The van der Waals surface area contributed by atoms with Crippen LogP contribution in [0, 0.1) is 5.41 Å². The van der Waals surface area contributed by atoms with E-state index in [1.54, 1.807) is 23.1 Å². The second-order valence-electron chi connectivity index (χ2n) is 6.11. The van der Waals surface area contributed by atoms with Gasteiger partial charge in [0.05, 0.1) is 27.4 Å². The third-order valence-electron chi connectivity index (χ3n) is 3.23. The summed E-state index contributed by atoms with van der Waals surface area (Å²) < 4.78 is 0. The summed E-state index contributed by atoms with van der Waals surface area (Å²) in [6, 6.07) is 5.27. The van der Waals surface area contributed by atoms with Crippen molar-refractivity contribution in [2.45, 2.75) is 27.3 Å². The van der Waals surface area contributed by atoms with Crippen molar-refractivity contribution >= 4 is 46.7 Å². The van der Waals surface area contributed by atoms with Crippen molar-refractivity contribution in [3.8, 4) is 0 Å². The number of carbonyl (C=O) groups excluding carboxylic acids is 2. The summed E-state index contributed by atoms with van der Waals surface area (Å²) in [5.41, 5.74) is 0.411. The summed E-state index contributed by atoms with van der Waals surface area (Å²) >= 11 is 13.3. The highest BCUT2D eigenvalue weighted by molar-refractivity contribution is 8.04. The highest BCUT2D eigenvalue weighted by atomic mass is 35.5. The number of halogens is 2. The van der Waals surface area contributed by atoms with E-state index in [0.717, 1.165) is 5.56 Å². The van der Waals surface area contributed by atoms with E-state index >= 15 is 0 Å². The van der Waals surface area contributed by atoms with Crippen LogP contribution in [-0.4, -0.2) is 22.3 Å². The predicted octanol–water partition coefficient (Wildman–Crippen LogP) is 4.53. The molecule has 3 nitrogen and oxygen atoms in total. The molecule has 0 radical (unpaired) electrons. The minimum Gasteiger partial charge on any atom is -0.301 e. The Labute approximate surface area is 144 Å². The normalized spacial score (nSPS) is 17.4. The Morgan fingerprint density at radius 2 is 2.00 bits per heavy atom. The molecule has 0 N–H and O–H groups in total. The summed E-state index contributed by atoms with van der Waals surface area (Å²) in [6.45, 7) is 5.96. The van der Waals surface area contributed by atoms with Gasteiger partial charge >= 0.3 is 0 Å². The maximum Gasteiger partial charge on any atom is 0.238 e. The van der Waals surface area contributed by atoms with Gasteiger partial charge in [-0.15, -0.1) is 0 Å². The summed E-state index contributed by atoms with van der Waals surface area (Å²) in [4.78, 5) is 25.8. The van der Waals surface area contributed by atoms with Crippen molar-refractivity contribution in [2.24, 2.45) is 5.41 Å². The Kier molecular flexibility index (Phi) is 5.25. The molecule has 0 unspecified atom stereocenters. The zero-order chi connectivity index (χ0) is 16.5. The molecule has 0 saturated carbocycles. The fourth-order valence-corrected chi connectivity index (χ4v) is 3.11. The van der Waals surface area contributed by atoms with Crippen LogP contribution in [0.2, 0.25) is 10.0 Å². The minimum atomic E-state index is -0.464. The third-order valence-corrected chi connectivity index (χ3v) is 4.99. The van der Waals surface area contributed by atoms with Crippen molar-refractivity contribution in [1.82, 2.24) is 4.90 Å². The van der Waals surface area contributed by atoms with Gasteiger partial charge in [-0.1, -0.05) is 61.8 Å². The number of amides is 1. The molecular formula is C16H17Cl2NO2S. The van der Waals surface area contributed by atoms with Gasteiger partial charge in [-0.25, -0.2) is 0 Å². The van der Waals surface area contributed by atoms with Crippen molar-refractivity contribution in [3.63, 3.8) is 0 Å². The highest BCUT2D eigenvalue weighted by Crippen LogP contribution is 2.32. The molecule has 0 bridgehead atoms. The highest BCUT2D eigenvalue weighted by Gasteiger charge is 2.29. The second-order valence-corrected chi connectivity index (χ2v) is 7.92. The van der Waals surface area contributed by atoms with Crippen molar-refractivity contribution in [2.75, 3.05) is 5.75 Å². The van der Waals surface area contributed by atoms with Gasteiger partial charge < -0.3 is 4.90 Å². The van der Waals surface area contributed by atoms with E-state index in [9.17, 15) is 9.59 Å². The molecule has 1 heterocycles. The van der Waals surface area contributed by atoms with Gasteiger partial charge in [0.15, 0.2) is 5.78 Å². The molecule has 1 aromatic rings. The Morgan fingerprint density at radius 1 is 1.32 bits per heavy atom. The molecule has 22 heavy (non-hydrogen) atoms. The number of hydrogen-bond acceptors (Lipinski definition) is 3. The summed E-state index contributed by atoms with van der Waals surface area (Å²) in [7, 11) is 0. The smallest absolute Gasteiger partial charge is 0.238 e. The van der Waals surface area contributed by atoms with Gasteiger partial charge in [-0.2, -0.15) is 0 Å². The van der Waals surface area contributed by atoms with Crippen LogP contribution in [0.4, 0.5) is 0 Å². The molecule has 1 amide bonds. The number of benzene rings is 1. The Balaban J connectivity index is 2.23. The van der Waals surface area contributed by atoms with E-state index < -0.39 is 5.41 Å². The van der Waals surface area contributed by atoms with Crippen LogP contribution in [0.5, 0.6) is 0 Å². The quantitative estimate of drug-likeness (QED) is 0.746. The summed E-state index contributed by atoms with van der Waals surface area (Å²) in [6.07, 6.45) is 1.56. The van der Waals surface area contributed by atoms with Gasteiger partial charge in [0.2, 0.25) is 5.91 Å². The zero-order valence-electron chi connectivity index (χ0n) is 12.7. The molecular weight excluding hydrogens is 341 g/mol. The number of carbonyl (C=O) groups is 2. The van der Waals surface area contributed by atoms with Gasteiger partial charge in [0, 0.05) is 11.5 Å². The van der Waals surface area contributed by atoms with Gasteiger partial charge in [-0.3, -0.25) is 9.59 Å². The first-order valence-electron chi connectivity index (χ1n) is 6.81. The number of hydrogen-bond donors (Lipinski definition) is 0. The van der Waals surface area contributed by atoms with Crippen molar-refractivity contribution in [3.05, 3.63) is 44.9 Å². The Morgan fingerprint density at radius 3 is 2.59 bits per heavy atom. The molecule has 1 fully saturated rings. The Hall–Kier alpha value is -0.970. The molecule has 2 rings (SSSR count). The van der Waals surface area contributed by atoms with E-state index in [1.807, 2.05) is 26.8 Å².